The predicted molar refractivity (Wildman–Crippen MR) is 80.1 cm³/mol. The lowest BCUT2D eigenvalue weighted by atomic mass is 9.92. The van der Waals surface area contributed by atoms with Crippen molar-refractivity contribution in [2.45, 2.75) is 45.1 Å². The first-order valence-electron chi connectivity index (χ1n) is 7.48. The number of ether oxygens (including phenoxy) is 1. The Labute approximate surface area is 139 Å². The Hall–Kier alpha value is -1.48. The zero-order valence-corrected chi connectivity index (χ0v) is 15.7. The standard InChI is InChI=1S/C15H19F5O3Si/c1-3-15(4-2,23-24)6-5-7-22-14(21)8-9(16)11(18)13(20)12(19)10(8)17/h3-7H2,1-2,24H3. The minimum absolute atomic E-state index is 0.217. The Kier molecular flexibility index (Phi) is 7.34. The number of carbonyl (C=O) groups is 1. The van der Waals surface area contributed by atoms with Gasteiger partial charge in [-0.3, -0.25) is 0 Å². The SMILES string of the molecule is CCC(CC)(CCCOC(=O)c1c(F)c(F)c(F)c(F)c1F)O[SiH3]. The van der Waals surface area contributed by atoms with Crippen molar-refractivity contribution < 1.29 is 35.9 Å². The summed E-state index contributed by atoms with van der Waals surface area (Å²) in [5.74, 6) is -12.7. The second-order valence-electron chi connectivity index (χ2n) is 5.28. The van der Waals surface area contributed by atoms with Crippen LogP contribution in [0.5, 0.6) is 0 Å². The summed E-state index contributed by atoms with van der Waals surface area (Å²) in [6.45, 7) is 3.68. The van der Waals surface area contributed by atoms with Crippen LogP contribution in [-0.4, -0.2) is 28.7 Å². The van der Waals surface area contributed by atoms with Gasteiger partial charge in [0.2, 0.25) is 5.82 Å². The van der Waals surface area contributed by atoms with Gasteiger partial charge in [0.25, 0.3) is 0 Å². The molecule has 24 heavy (non-hydrogen) atoms. The first-order chi connectivity index (χ1) is 11.2. The summed E-state index contributed by atoms with van der Waals surface area (Å²) in [7, 11) is 0.529. The molecule has 0 bridgehead atoms. The molecule has 0 heterocycles. The van der Waals surface area contributed by atoms with E-state index in [2.05, 4.69) is 4.74 Å². The monoisotopic (exact) mass is 370 g/mol. The maximum absolute atomic E-state index is 13.5. The first-order valence-corrected chi connectivity index (χ1v) is 8.30. The Morgan fingerprint density at radius 1 is 0.958 bits per heavy atom. The molecule has 0 fully saturated rings. The third-order valence-electron chi connectivity index (χ3n) is 4.15. The highest BCUT2D eigenvalue weighted by atomic mass is 28.2. The van der Waals surface area contributed by atoms with E-state index in [1.165, 1.54) is 0 Å². The van der Waals surface area contributed by atoms with Crippen LogP contribution in [0.1, 0.15) is 49.9 Å². The van der Waals surface area contributed by atoms with Crippen molar-refractivity contribution in [3.8, 4) is 0 Å². The minimum Gasteiger partial charge on any atom is -0.462 e. The maximum Gasteiger partial charge on any atom is 0.344 e. The van der Waals surface area contributed by atoms with E-state index >= 15 is 0 Å². The molecule has 136 valence electrons. The average molecular weight is 370 g/mol. The number of hydrogen-bond donors (Lipinski definition) is 0. The largest absolute Gasteiger partial charge is 0.462 e. The van der Waals surface area contributed by atoms with E-state index in [1.54, 1.807) is 0 Å². The van der Waals surface area contributed by atoms with Crippen LogP contribution >= 0.6 is 0 Å². The summed E-state index contributed by atoms with van der Waals surface area (Å²) in [5, 5.41) is 0. The van der Waals surface area contributed by atoms with E-state index in [9.17, 15) is 26.7 Å². The number of halogens is 5. The molecule has 1 rings (SSSR count). The Bertz CT molecular complexity index is 568. The fourth-order valence-electron chi connectivity index (χ4n) is 2.41. The average Bonchev–Trinajstić information content (AvgIpc) is 2.59. The number of hydrogen-bond acceptors (Lipinski definition) is 3. The minimum atomic E-state index is -2.32. The molecule has 0 aliphatic rings. The van der Waals surface area contributed by atoms with Crippen molar-refractivity contribution in [1.82, 2.24) is 0 Å². The lowest BCUT2D eigenvalue weighted by molar-refractivity contribution is 0.0344. The van der Waals surface area contributed by atoms with E-state index < -0.39 is 40.6 Å². The van der Waals surface area contributed by atoms with Gasteiger partial charge in [0.05, 0.1) is 12.2 Å². The van der Waals surface area contributed by atoms with Gasteiger partial charge in [0.1, 0.15) is 16.0 Å². The van der Waals surface area contributed by atoms with Crippen LogP contribution in [0.3, 0.4) is 0 Å². The van der Waals surface area contributed by atoms with Gasteiger partial charge in [0, 0.05) is 0 Å². The number of carbonyl (C=O) groups excluding carboxylic acids is 1. The zero-order valence-electron chi connectivity index (χ0n) is 13.7. The van der Waals surface area contributed by atoms with Crippen molar-refractivity contribution in [1.29, 1.82) is 0 Å². The molecule has 0 atom stereocenters. The number of rotatable bonds is 8. The van der Waals surface area contributed by atoms with Crippen molar-refractivity contribution in [3.05, 3.63) is 34.6 Å². The topological polar surface area (TPSA) is 35.5 Å². The first kappa shape index (κ1) is 20.6. The molecular formula is C15H19F5O3Si. The molecule has 9 heteroatoms. The van der Waals surface area contributed by atoms with Gasteiger partial charge < -0.3 is 9.16 Å². The quantitative estimate of drug-likeness (QED) is 0.176. The summed E-state index contributed by atoms with van der Waals surface area (Å²) in [6.07, 6.45) is 2.39. The van der Waals surface area contributed by atoms with Crippen molar-refractivity contribution in [2.24, 2.45) is 0 Å². The highest BCUT2D eigenvalue weighted by Crippen LogP contribution is 2.26. The second-order valence-corrected chi connectivity index (χ2v) is 5.69. The maximum atomic E-state index is 13.5. The van der Waals surface area contributed by atoms with Gasteiger partial charge in [0.15, 0.2) is 23.3 Å². The summed E-state index contributed by atoms with van der Waals surface area (Å²) >= 11 is 0. The molecule has 1 aromatic carbocycles. The van der Waals surface area contributed by atoms with Gasteiger partial charge in [-0.25, -0.2) is 26.7 Å². The van der Waals surface area contributed by atoms with Gasteiger partial charge in [-0.05, 0) is 25.7 Å². The van der Waals surface area contributed by atoms with E-state index in [0.29, 0.717) is 23.3 Å². The number of benzene rings is 1. The summed E-state index contributed by atoms with van der Waals surface area (Å²) in [4.78, 5) is 11.7. The van der Waals surface area contributed by atoms with E-state index in [1.807, 2.05) is 13.8 Å². The molecule has 0 aliphatic heterocycles. The van der Waals surface area contributed by atoms with E-state index in [-0.39, 0.29) is 12.2 Å². The smallest absolute Gasteiger partial charge is 0.344 e. The van der Waals surface area contributed by atoms with Gasteiger partial charge in [-0.1, -0.05) is 13.8 Å². The molecular weight excluding hydrogens is 351 g/mol. The number of esters is 1. The fraction of sp³-hybridized carbons (Fsp3) is 0.533. The fourth-order valence-corrected chi connectivity index (χ4v) is 3.19. The Morgan fingerprint density at radius 2 is 1.42 bits per heavy atom. The molecule has 0 saturated heterocycles. The van der Waals surface area contributed by atoms with E-state index in [4.69, 9.17) is 4.43 Å². The van der Waals surface area contributed by atoms with E-state index in [0.717, 1.165) is 12.8 Å². The summed E-state index contributed by atoms with van der Waals surface area (Å²) in [5.41, 5.74) is -1.92. The summed E-state index contributed by atoms with van der Waals surface area (Å²) in [6, 6.07) is 0. The molecule has 1 aromatic rings. The normalized spacial score (nSPS) is 11.8. The molecule has 0 aliphatic carbocycles. The van der Waals surface area contributed by atoms with Crippen molar-refractivity contribution >= 4 is 16.5 Å². The zero-order chi connectivity index (χ0) is 18.5. The predicted octanol–water partition coefficient (Wildman–Crippen LogP) is 3.17. The third-order valence-corrected chi connectivity index (χ3v) is 5.01. The summed E-state index contributed by atoms with van der Waals surface area (Å²) < 4.78 is 76.2. The highest BCUT2D eigenvalue weighted by Gasteiger charge is 2.31. The lowest BCUT2D eigenvalue weighted by Gasteiger charge is -2.31. The van der Waals surface area contributed by atoms with Gasteiger partial charge in [-0.2, -0.15) is 0 Å². The van der Waals surface area contributed by atoms with Gasteiger partial charge >= 0.3 is 5.97 Å². The molecule has 0 amide bonds. The van der Waals surface area contributed by atoms with Gasteiger partial charge in [-0.15, -0.1) is 0 Å². The molecule has 0 unspecified atom stereocenters. The van der Waals surface area contributed by atoms with Crippen LogP contribution < -0.4 is 0 Å². The molecule has 0 N–H and O–H groups in total. The van der Waals surface area contributed by atoms with Crippen LogP contribution in [0.4, 0.5) is 22.0 Å². The van der Waals surface area contributed by atoms with Crippen LogP contribution in [0.15, 0.2) is 0 Å². The second kappa shape index (κ2) is 8.57. The van der Waals surface area contributed by atoms with Crippen LogP contribution in [0.2, 0.25) is 0 Å². The Balaban J connectivity index is 2.77. The molecule has 0 saturated carbocycles. The van der Waals surface area contributed by atoms with Crippen LogP contribution in [0, 0.1) is 29.1 Å². The van der Waals surface area contributed by atoms with Crippen molar-refractivity contribution in [2.75, 3.05) is 6.61 Å². The molecule has 0 radical (unpaired) electrons. The molecule has 0 aromatic heterocycles. The van der Waals surface area contributed by atoms with Crippen LogP contribution in [0.25, 0.3) is 0 Å². The molecule has 0 spiro atoms. The Morgan fingerprint density at radius 3 is 1.83 bits per heavy atom. The van der Waals surface area contributed by atoms with Crippen molar-refractivity contribution in [3.63, 3.8) is 0 Å². The third kappa shape index (κ3) is 4.13. The molecule has 3 nitrogen and oxygen atoms in total. The highest BCUT2D eigenvalue weighted by molar-refractivity contribution is 5.98. The van der Waals surface area contributed by atoms with Crippen LogP contribution in [-0.2, 0) is 9.16 Å². The lowest BCUT2D eigenvalue weighted by Crippen LogP contribution is -2.30.